The van der Waals surface area contributed by atoms with Crippen LogP contribution in [0.5, 0.6) is 5.75 Å². The van der Waals surface area contributed by atoms with E-state index in [2.05, 4.69) is 17.6 Å². The minimum atomic E-state index is -3.51. The number of benzene rings is 2. The van der Waals surface area contributed by atoms with E-state index >= 15 is 0 Å². The van der Waals surface area contributed by atoms with Gasteiger partial charge in [-0.2, -0.15) is 4.31 Å². The lowest BCUT2D eigenvalue weighted by Crippen LogP contribution is -2.36. The molecule has 0 atom stereocenters. The van der Waals surface area contributed by atoms with Crippen LogP contribution in [-0.4, -0.2) is 50.8 Å². The van der Waals surface area contributed by atoms with Gasteiger partial charge in [0, 0.05) is 25.2 Å². The molecule has 0 radical (unpaired) electrons. The van der Waals surface area contributed by atoms with Crippen molar-refractivity contribution in [1.29, 1.82) is 0 Å². The third-order valence-corrected chi connectivity index (χ3v) is 7.11. The molecular formula is C24H33N3O5S. The van der Waals surface area contributed by atoms with Gasteiger partial charge in [0.1, 0.15) is 5.75 Å². The Balaban J connectivity index is 1.80. The highest BCUT2D eigenvalue weighted by Crippen LogP contribution is 2.16. The Morgan fingerprint density at radius 3 is 2.12 bits per heavy atom. The molecule has 0 aliphatic heterocycles. The highest BCUT2D eigenvalue weighted by atomic mass is 32.2. The minimum absolute atomic E-state index is 0.165. The average Bonchev–Trinajstić information content (AvgIpc) is 2.82. The van der Waals surface area contributed by atoms with Crippen LogP contribution in [0.4, 0.5) is 0 Å². The van der Waals surface area contributed by atoms with Crippen LogP contribution in [0.25, 0.3) is 0 Å². The number of unbranched alkanes of at least 4 members (excludes halogenated alkanes) is 1. The minimum Gasteiger partial charge on any atom is -0.494 e. The molecule has 0 saturated heterocycles. The molecule has 9 heteroatoms. The number of amides is 2. The summed E-state index contributed by atoms with van der Waals surface area (Å²) in [6.45, 7) is 7.18. The molecule has 2 rings (SSSR count). The van der Waals surface area contributed by atoms with Crippen LogP contribution in [0.3, 0.4) is 0 Å². The normalized spacial score (nSPS) is 11.3. The van der Waals surface area contributed by atoms with E-state index in [1.165, 1.54) is 16.4 Å². The second kappa shape index (κ2) is 13.0. The summed E-state index contributed by atoms with van der Waals surface area (Å²) in [7, 11) is -3.51. The molecule has 0 bridgehead atoms. The van der Waals surface area contributed by atoms with Crippen molar-refractivity contribution in [3.63, 3.8) is 0 Å². The van der Waals surface area contributed by atoms with Crippen LogP contribution < -0.4 is 15.4 Å². The Kier molecular flexibility index (Phi) is 10.3. The van der Waals surface area contributed by atoms with Gasteiger partial charge < -0.3 is 15.4 Å². The molecule has 0 aromatic heterocycles. The molecule has 2 amide bonds. The zero-order valence-electron chi connectivity index (χ0n) is 19.5. The summed E-state index contributed by atoms with van der Waals surface area (Å²) in [4.78, 5) is 24.6. The first-order valence-corrected chi connectivity index (χ1v) is 12.6. The summed E-state index contributed by atoms with van der Waals surface area (Å²) < 4.78 is 32.0. The van der Waals surface area contributed by atoms with E-state index in [0.29, 0.717) is 31.0 Å². The molecule has 0 aliphatic carbocycles. The third-order valence-electron chi connectivity index (χ3n) is 5.05. The summed E-state index contributed by atoms with van der Waals surface area (Å²) in [6, 6.07) is 13.2. The van der Waals surface area contributed by atoms with Gasteiger partial charge in [-0.25, -0.2) is 8.42 Å². The standard InChI is InChI=1S/C24H33N3O5S/c1-4-7-16-32-21-12-10-20(11-13-21)24(29)26-18-23(28)25-17-19-8-14-22(15-9-19)33(30,31)27(5-2)6-3/h8-15H,4-7,16-18H2,1-3H3,(H,25,28)(H,26,29). The van der Waals surface area contributed by atoms with Gasteiger partial charge in [0.15, 0.2) is 0 Å². The Hall–Kier alpha value is -2.91. The first-order chi connectivity index (χ1) is 15.8. The van der Waals surface area contributed by atoms with Gasteiger partial charge in [-0.15, -0.1) is 0 Å². The number of nitrogens with zero attached hydrogens (tertiary/aromatic N) is 1. The molecular weight excluding hydrogens is 442 g/mol. The van der Waals surface area contributed by atoms with Gasteiger partial charge in [-0.1, -0.05) is 39.3 Å². The number of rotatable bonds is 13. The fourth-order valence-electron chi connectivity index (χ4n) is 3.05. The van der Waals surface area contributed by atoms with E-state index in [1.54, 1.807) is 50.2 Å². The third kappa shape index (κ3) is 7.87. The van der Waals surface area contributed by atoms with Crippen molar-refractivity contribution in [2.45, 2.75) is 45.1 Å². The van der Waals surface area contributed by atoms with Crippen molar-refractivity contribution in [2.75, 3.05) is 26.2 Å². The smallest absolute Gasteiger partial charge is 0.251 e. The van der Waals surface area contributed by atoms with E-state index in [-0.39, 0.29) is 29.8 Å². The van der Waals surface area contributed by atoms with E-state index in [9.17, 15) is 18.0 Å². The first kappa shape index (κ1) is 26.3. The topological polar surface area (TPSA) is 105 Å². The molecule has 0 spiro atoms. The molecule has 2 aromatic rings. The van der Waals surface area contributed by atoms with E-state index in [4.69, 9.17) is 4.74 Å². The Bertz CT molecular complexity index is 1000. The van der Waals surface area contributed by atoms with Gasteiger partial charge in [-0.05, 0) is 48.4 Å². The molecule has 0 aliphatic rings. The van der Waals surface area contributed by atoms with E-state index < -0.39 is 10.0 Å². The van der Waals surface area contributed by atoms with Crippen molar-refractivity contribution in [1.82, 2.24) is 14.9 Å². The second-order valence-electron chi connectivity index (χ2n) is 7.42. The van der Waals surface area contributed by atoms with Gasteiger partial charge in [0.05, 0.1) is 18.0 Å². The van der Waals surface area contributed by atoms with Crippen molar-refractivity contribution < 1.29 is 22.7 Å². The molecule has 33 heavy (non-hydrogen) atoms. The highest BCUT2D eigenvalue weighted by Gasteiger charge is 2.21. The fourth-order valence-corrected chi connectivity index (χ4v) is 4.51. The van der Waals surface area contributed by atoms with Crippen LogP contribution in [0.1, 0.15) is 49.5 Å². The average molecular weight is 476 g/mol. The molecule has 0 saturated carbocycles. The van der Waals surface area contributed by atoms with Gasteiger partial charge >= 0.3 is 0 Å². The number of ether oxygens (including phenoxy) is 1. The predicted octanol–water partition coefficient (Wildman–Crippen LogP) is 2.94. The summed E-state index contributed by atoms with van der Waals surface area (Å²) in [5, 5.41) is 5.30. The van der Waals surface area contributed by atoms with Crippen molar-refractivity contribution in [3.05, 3.63) is 59.7 Å². The SMILES string of the molecule is CCCCOc1ccc(C(=O)NCC(=O)NCc2ccc(S(=O)(=O)N(CC)CC)cc2)cc1. The number of carbonyl (C=O) groups is 2. The summed E-state index contributed by atoms with van der Waals surface area (Å²) in [5.74, 6) is 0.00702. The zero-order valence-corrected chi connectivity index (χ0v) is 20.3. The van der Waals surface area contributed by atoms with Gasteiger partial charge in [0.25, 0.3) is 5.91 Å². The molecule has 0 fully saturated rings. The molecule has 2 aromatic carbocycles. The molecule has 0 heterocycles. The first-order valence-electron chi connectivity index (χ1n) is 11.2. The van der Waals surface area contributed by atoms with E-state index in [0.717, 1.165) is 18.4 Å². The van der Waals surface area contributed by atoms with Crippen molar-refractivity contribution >= 4 is 21.8 Å². The maximum Gasteiger partial charge on any atom is 0.251 e. The lowest BCUT2D eigenvalue weighted by molar-refractivity contribution is -0.120. The summed E-state index contributed by atoms with van der Waals surface area (Å²) in [5.41, 5.74) is 1.20. The number of sulfonamides is 1. The number of hydrogen-bond donors (Lipinski definition) is 2. The quantitative estimate of drug-likeness (QED) is 0.434. The number of carbonyl (C=O) groups excluding carboxylic acids is 2. The summed E-state index contributed by atoms with van der Waals surface area (Å²) in [6.07, 6.45) is 2.02. The fraction of sp³-hybridized carbons (Fsp3) is 0.417. The monoisotopic (exact) mass is 475 g/mol. The van der Waals surface area contributed by atoms with Crippen LogP contribution in [0.15, 0.2) is 53.4 Å². The van der Waals surface area contributed by atoms with Crippen LogP contribution in [0, 0.1) is 0 Å². The summed E-state index contributed by atoms with van der Waals surface area (Å²) >= 11 is 0. The number of hydrogen-bond acceptors (Lipinski definition) is 5. The van der Waals surface area contributed by atoms with E-state index in [1.807, 2.05) is 0 Å². The van der Waals surface area contributed by atoms with Crippen LogP contribution >= 0.6 is 0 Å². The maximum absolute atomic E-state index is 12.5. The predicted molar refractivity (Wildman–Crippen MR) is 128 cm³/mol. The lowest BCUT2D eigenvalue weighted by Gasteiger charge is -2.18. The lowest BCUT2D eigenvalue weighted by atomic mass is 10.2. The van der Waals surface area contributed by atoms with Gasteiger partial charge in [0.2, 0.25) is 15.9 Å². The molecule has 180 valence electrons. The molecule has 8 nitrogen and oxygen atoms in total. The molecule has 0 unspecified atom stereocenters. The van der Waals surface area contributed by atoms with Crippen molar-refractivity contribution in [2.24, 2.45) is 0 Å². The maximum atomic E-state index is 12.5. The largest absolute Gasteiger partial charge is 0.494 e. The highest BCUT2D eigenvalue weighted by molar-refractivity contribution is 7.89. The Morgan fingerprint density at radius 2 is 1.55 bits per heavy atom. The number of nitrogens with one attached hydrogen (secondary N) is 2. The second-order valence-corrected chi connectivity index (χ2v) is 9.36. The Morgan fingerprint density at radius 1 is 0.909 bits per heavy atom. The van der Waals surface area contributed by atoms with Gasteiger partial charge in [-0.3, -0.25) is 9.59 Å². The molecule has 2 N–H and O–H groups in total. The zero-order chi connectivity index (χ0) is 24.3. The van der Waals surface area contributed by atoms with Crippen LogP contribution in [-0.2, 0) is 21.4 Å². The van der Waals surface area contributed by atoms with Crippen molar-refractivity contribution in [3.8, 4) is 5.75 Å². The van der Waals surface area contributed by atoms with Crippen LogP contribution in [0.2, 0.25) is 0 Å². The Labute approximate surface area is 196 Å².